The van der Waals surface area contributed by atoms with Crippen molar-refractivity contribution in [2.75, 3.05) is 32.4 Å². The number of benzodiazepines with no additional fused rings is 1. The Labute approximate surface area is 314 Å². The van der Waals surface area contributed by atoms with Gasteiger partial charge in [0.15, 0.2) is 0 Å². The molecule has 1 unspecified atom stereocenters. The van der Waals surface area contributed by atoms with Crippen LogP contribution in [0.5, 0.6) is 0 Å². The zero-order valence-electron chi connectivity index (χ0n) is 30.5. The van der Waals surface area contributed by atoms with Crippen molar-refractivity contribution in [1.82, 2.24) is 15.0 Å². The van der Waals surface area contributed by atoms with Crippen molar-refractivity contribution in [1.29, 1.82) is 0 Å². The van der Waals surface area contributed by atoms with Gasteiger partial charge in [0.1, 0.15) is 11.9 Å². The molecule has 2 N–H and O–H groups in total. The first kappa shape index (κ1) is 35.7. The first-order valence-corrected chi connectivity index (χ1v) is 17.8. The molecule has 0 saturated heterocycles. The molecule has 12 nitrogen and oxygen atoms in total. The SMILES string of the molecule is C=CCCC1=NC(CC(=O)Nc2ccc(C)c(N3Cc4cnc(Nc5ccc(C)nc5)nc4N(C)C3=O)c2)C(=O)N(Cc2ccccc2)c2ccccc21. The number of nitrogens with zero attached hydrogens (tertiary/aromatic N) is 7. The molecule has 4 heterocycles. The van der Waals surface area contributed by atoms with Crippen molar-refractivity contribution in [2.24, 2.45) is 4.99 Å². The summed E-state index contributed by atoms with van der Waals surface area (Å²) in [5.74, 6) is 0.229. The van der Waals surface area contributed by atoms with E-state index >= 15 is 0 Å². The molecule has 2 aliphatic heterocycles. The molecule has 0 saturated carbocycles. The number of aromatic nitrogens is 3. The van der Waals surface area contributed by atoms with Crippen LogP contribution in [-0.2, 0) is 22.7 Å². The van der Waals surface area contributed by atoms with E-state index in [1.807, 2.05) is 92.7 Å². The van der Waals surface area contributed by atoms with E-state index in [2.05, 4.69) is 32.2 Å². The fourth-order valence-corrected chi connectivity index (χ4v) is 6.66. The van der Waals surface area contributed by atoms with Crippen LogP contribution < -0.4 is 25.3 Å². The molecule has 4 amide bonds. The normalized spacial score (nSPS) is 15.2. The van der Waals surface area contributed by atoms with Gasteiger partial charge >= 0.3 is 6.03 Å². The maximum atomic E-state index is 14.3. The van der Waals surface area contributed by atoms with Crippen molar-refractivity contribution in [3.05, 3.63) is 138 Å². The van der Waals surface area contributed by atoms with Crippen LogP contribution in [0.2, 0.25) is 0 Å². The highest BCUT2D eigenvalue weighted by molar-refractivity contribution is 6.14. The molecular weight excluding hydrogens is 679 g/mol. The van der Waals surface area contributed by atoms with Crippen LogP contribution in [-0.4, -0.2) is 51.6 Å². The summed E-state index contributed by atoms with van der Waals surface area (Å²) in [5, 5.41) is 6.12. The van der Waals surface area contributed by atoms with Crippen LogP contribution in [0.3, 0.4) is 0 Å². The number of rotatable bonds is 11. The van der Waals surface area contributed by atoms with Crippen LogP contribution in [0, 0.1) is 13.8 Å². The number of allylic oxidation sites excluding steroid dienone is 1. The highest BCUT2D eigenvalue weighted by Crippen LogP contribution is 2.34. The van der Waals surface area contributed by atoms with Crippen molar-refractivity contribution in [2.45, 2.75) is 52.2 Å². The minimum atomic E-state index is -0.943. The van der Waals surface area contributed by atoms with Crippen LogP contribution in [0.4, 0.5) is 39.3 Å². The summed E-state index contributed by atoms with van der Waals surface area (Å²) in [6.45, 7) is 8.27. The van der Waals surface area contributed by atoms with Gasteiger partial charge in [0, 0.05) is 41.5 Å². The van der Waals surface area contributed by atoms with Gasteiger partial charge in [0.25, 0.3) is 5.91 Å². The number of pyridine rings is 1. The Hall–Kier alpha value is -6.69. The molecule has 3 aromatic carbocycles. The quantitative estimate of drug-likeness (QED) is 0.135. The van der Waals surface area contributed by atoms with Gasteiger partial charge in [0.2, 0.25) is 11.9 Å². The van der Waals surface area contributed by atoms with Gasteiger partial charge in [0.05, 0.1) is 42.8 Å². The average Bonchev–Trinajstić information content (AvgIpc) is 3.28. The van der Waals surface area contributed by atoms with E-state index in [1.54, 1.807) is 41.4 Å². The van der Waals surface area contributed by atoms with Gasteiger partial charge < -0.3 is 15.5 Å². The first-order chi connectivity index (χ1) is 26.2. The third-order valence-corrected chi connectivity index (χ3v) is 9.47. The standard InChI is InChI=1S/C42H41N9O3/c1-5-6-15-34-33-14-10-11-16-36(33)50(25-29-12-8-7-9-13-29)40(53)35(47-34)22-38(52)45-31-19-17-27(2)37(21-31)51-26-30-23-44-41(48-39(30)49(4)42(51)54)46-32-20-18-28(3)43-24-32/h5,7-14,16-21,23-24,35H,1,6,15,22,25-26H2,2-4H3,(H,45,52)(H,44,46,48). The third kappa shape index (κ3) is 7.58. The molecule has 54 heavy (non-hydrogen) atoms. The van der Waals surface area contributed by atoms with Crippen molar-refractivity contribution < 1.29 is 14.4 Å². The minimum absolute atomic E-state index is 0.163. The van der Waals surface area contributed by atoms with Gasteiger partial charge in [-0.3, -0.25) is 29.4 Å². The number of hydrogen-bond donors (Lipinski definition) is 2. The van der Waals surface area contributed by atoms with Crippen molar-refractivity contribution in [3.8, 4) is 0 Å². The van der Waals surface area contributed by atoms with Crippen molar-refractivity contribution in [3.63, 3.8) is 0 Å². The fraction of sp³-hybridized carbons (Fsp3) is 0.214. The van der Waals surface area contributed by atoms with E-state index < -0.39 is 6.04 Å². The van der Waals surface area contributed by atoms with E-state index in [0.717, 1.165) is 45.0 Å². The lowest BCUT2D eigenvalue weighted by molar-refractivity contribution is -0.123. The lowest BCUT2D eigenvalue weighted by Gasteiger charge is -2.35. The number of amides is 4. The molecule has 0 spiro atoms. The zero-order chi connectivity index (χ0) is 37.8. The molecular formula is C42H41N9O3. The molecule has 7 rings (SSSR count). The summed E-state index contributed by atoms with van der Waals surface area (Å²) < 4.78 is 0. The lowest BCUT2D eigenvalue weighted by atomic mass is 10.0. The summed E-state index contributed by atoms with van der Waals surface area (Å²) in [4.78, 5) is 65.0. The summed E-state index contributed by atoms with van der Waals surface area (Å²) in [6.07, 6.45) is 6.33. The number of aliphatic imine (C=N–C) groups is 1. The third-order valence-electron chi connectivity index (χ3n) is 9.47. The predicted octanol–water partition coefficient (Wildman–Crippen LogP) is 7.51. The van der Waals surface area contributed by atoms with Crippen LogP contribution >= 0.6 is 0 Å². The highest BCUT2D eigenvalue weighted by atomic mass is 16.2. The summed E-state index contributed by atoms with van der Waals surface area (Å²) in [7, 11) is 1.67. The monoisotopic (exact) mass is 719 g/mol. The maximum Gasteiger partial charge on any atom is 0.330 e. The highest BCUT2D eigenvalue weighted by Gasteiger charge is 2.34. The van der Waals surface area contributed by atoms with E-state index in [-0.39, 0.29) is 30.8 Å². The number of anilines is 6. The second-order valence-electron chi connectivity index (χ2n) is 13.4. The number of benzene rings is 3. The summed E-state index contributed by atoms with van der Waals surface area (Å²) in [5.41, 5.74) is 7.71. The molecule has 0 radical (unpaired) electrons. The van der Waals surface area contributed by atoms with E-state index in [0.29, 0.717) is 42.5 Å². The van der Waals surface area contributed by atoms with E-state index in [4.69, 9.17) is 4.99 Å². The number of fused-ring (bicyclic) bond motifs is 2. The number of aryl methyl sites for hydroxylation is 2. The molecule has 2 aromatic heterocycles. The molecule has 5 aromatic rings. The Morgan fingerprint density at radius 2 is 1.70 bits per heavy atom. The van der Waals surface area contributed by atoms with E-state index in [9.17, 15) is 14.4 Å². The molecule has 272 valence electrons. The number of para-hydroxylation sites is 1. The fourth-order valence-electron chi connectivity index (χ4n) is 6.66. The first-order valence-electron chi connectivity index (χ1n) is 17.8. The van der Waals surface area contributed by atoms with Crippen LogP contribution in [0.1, 0.15) is 47.2 Å². The Balaban J connectivity index is 1.11. The Kier molecular flexibility index (Phi) is 10.2. The molecule has 0 aliphatic carbocycles. The van der Waals surface area contributed by atoms with Gasteiger partial charge in [-0.05, 0) is 68.1 Å². The Morgan fingerprint density at radius 3 is 2.48 bits per heavy atom. The van der Waals surface area contributed by atoms with Gasteiger partial charge in [-0.15, -0.1) is 6.58 Å². The van der Waals surface area contributed by atoms with Crippen LogP contribution in [0.15, 0.2) is 115 Å². The summed E-state index contributed by atoms with van der Waals surface area (Å²) in [6, 6.07) is 25.5. The smallest absolute Gasteiger partial charge is 0.326 e. The predicted molar refractivity (Wildman–Crippen MR) is 213 cm³/mol. The number of urea groups is 1. The lowest BCUT2D eigenvalue weighted by Crippen LogP contribution is -2.46. The maximum absolute atomic E-state index is 14.3. The molecule has 2 aliphatic rings. The Morgan fingerprint density at radius 1 is 0.926 bits per heavy atom. The largest absolute Gasteiger partial charge is 0.330 e. The Bertz CT molecular complexity index is 2260. The van der Waals surface area contributed by atoms with Gasteiger partial charge in [-0.1, -0.05) is 60.7 Å². The topological polar surface area (TPSA) is 136 Å². The molecule has 12 heteroatoms. The number of carbonyl (C=O) groups excluding carboxylic acids is 3. The van der Waals surface area contributed by atoms with Crippen molar-refractivity contribution >= 4 is 58.1 Å². The zero-order valence-corrected chi connectivity index (χ0v) is 30.5. The second-order valence-corrected chi connectivity index (χ2v) is 13.4. The molecule has 1 atom stereocenters. The van der Waals surface area contributed by atoms with Gasteiger partial charge in [-0.2, -0.15) is 4.98 Å². The molecule has 0 fully saturated rings. The second kappa shape index (κ2) is 15.5. The average molecular weight is 720 g/mol. The van der Waals surface area contributed by atoms with Gasteiger partial charge in [-0.25, -0.2) is 9.78 Å². The number of carbonyl (C=O) groups is 3. The van der Waals surface area contributed by atoms with E-state index in [1.165, 1.54) is 4.90 Å². The number of nitrogens with one attached hydrogen (secondary N) is 2. The summed E-state index contributed by atoms with van der Waals surface area (Å²) >= 11 is 0. The number of hydrogen-bond acceptors (Lipinski definition) is 8. The molecule has 0 bridgehead atoms. The minimum Gasteiger partial charge on any atom is -0.326 e. The van der Waals surface area contributed by atoms with Crippen LogP contribution in [0.25, 0.3) is 0 Å².